The summed E-state index contributed by atoms with van der Waals surface area (Å²) in [6, 6.07) is 36.0. The summed E-state index contributed by atoms with van der Waals surface area (Å²) in [5.74, 6) is 2.21. The Bertz CT molecular complexity index is 5720. The topological polar surface area (TPSA) is 469 Å². The molecule has 0 fully saturated rings. The highest BCUT2D eigenvalue weighted by atomic mass is 35.5. The van der Waals surface area contributed by atoms with E-state index < -0.39 is 52.2 Å². The Hall–Kier alpha value is -16.0. The normalized spacial score (nSPS) is 10.5. The minimum atomic E-state index is -4.66. The molecule has 0 aliphatic heterocycles. The summed E-state index contributed by atoms with van der Waals surface area (Å²) in [5.41, 5.74) is 10.5. The summed E-state index contributed by atoms with van der Waals surface area (Å²) in [4.78, 5) is 115. The number of ether oxygens (including phenoxy) is 7. The van der Waals surface area contributed by atoms with Gasteiger partial charge in [-0.1, -0.05) is 65.6 Å². The number of methoxy groups -OCH3 is 1. The Morgan fingerprint density at radius 3 is 1.01 bits per heavy atom. The second-order valence-electron chi connectivity index (χ2n) is 27.9. The first-order valence-electron chi connectivity index (χ1n) is 37.1. The largest absolute Gasteiger partial charge is 0.468 e. The lowest BCUT2D eigenvalue weighted by Gasteiger charge is -2.19. The number of aromatic nitrogens is 16. The zero-order valence-corrected chi connectivity index (χ0v) is 68.8. The van der Waals surface area contributed by atoms with E-state index in [1.54, 1.807) is 220 Å². The molecule has 0 unspecified atom stereocenters. The average Bonchev–Trinajstić information content (AvgIpc) is 0.965. The number of nitrogens with zero attached hydrogens (tertiary/aromatic N) is 16. The highest BCUT2D eigenvalue weighted by molar-refractivity contribution is 6.31. The van der Waals surface area contributed by atoms with E-state index in [1.807, 2.05) is 0 Å². The van der Waals surface area contributed by atoms with Gasteiger partial charge in [0.05, 0.1) is 65.3 Å². The summed E-state index contributed by atoms with van der Waals surface area (Å²) in [5, 5.41) is 33.9. The van der Waals surface area contributed by atoms with E-state index in [9.17, 15) is 46.7 Å². The first kappa shape index (κ1) is 101. The lowest BCUT2D eigenvalue weighted by molar-refractivity contribution is -0.141. The zero-order chi connectivity index (χ0) is 89.1. The summed E-state index contributed by atoms with van der Waals surface area (Å²) in [6.45, 7) is 11.1. The molecular weight excluding hydrogens is 1690 g/mol. The van der Waals surface area contributed by atoms with E-state index in [4.69, 9.17) is 45.8 Å². The average molecular weight is 1780 g/mol. The number of nitrogens with two attached hydrogens (primary N) is 1. The van der Waals surface area contributed by atoms with Crippen molar-refractivity contribution in [3.63, 3.8) is 0 Å². The van der Waals surface area contributed by atoms with Crippen molar-refractivity contribution >= 4 is 81.9 Å². The molecule has 128 heavy (non-hydrogen) atoms. The van der Waals surface area contributed by atoms with Crippen molar-refractivity contribution in [1.82, 2.24) is 94.9 Å². The van der Waals surface area contributed by atoms with Crippen LogP contribution in [0, 0.1) is 0 Å². The van der Waals surface area contributed by atoms with Gasteiger partial charge in [0.2, 0.25) is 41.2 Å². The van der Waals surface area contributed by atoms with Crippen LogP contribution in [0.4, 0.5) is 56.0 Å². The smallest absolute Gasteiger partial charge is 0.417 e. The number of amides is 7. The van der Waals surface area contributed by atoms with Gasteiger partial charge >= 0.3 is 30.4 Å². The predicted octanol–water partition coefficient (Wildman–Crippen LogP) is 16.1. The standard InChI is InChI=1S/C24H19ClF3N7O3.C21H24N6O4.C21H23N5O5.C16H16N6O2.4CH4/c1-29-21(36)12-35-11-14(10-32-35)20-9-22(31-13-30-20)38-17-4-2-3-15(7-17)33-23(37)34-16-5-6-19(25)18(8-16)24(26,27)28;1-21(2,3)31-20(29)26-15-6-5-7-16(8-15)30-19-9-17(23-13-24-19)14-10-25-27(11-14)12-18(28)22-4;1-21(2,3)31-20(28)25-15-6-5-7-16(8-15)30-18-9-17(22-13-23-18)14-10-24-26(11-14)12-19(27)29-4;1-18-15(23)9-22-8-11(7-21-22)14-6-16(20-10-19-14)24-13-4-2-3-12(17)5-13;;;;/h2-11,13H,12H2,1H3,(H,29,36)(H2,33,34,37);5-11,13H,12H2,1-4H3,(H,22,28)(H,26,29);5-11,13H,12H2,1-4H3,(H,25,28);2-8,10H,9,17H2,1H3,(H,18,23);4*1H4. The molecular formula is C86H98ClF3N24O14. The molecule has 0 saturated carbocycles. The van der Waals surface area contributed by atoms with Gasteiger partial charge < -0.3 is 65.5 Å². The number of urea groups is 1. The zero-order valence-electron chi connectivity index (χ0n) is 68.0. The first-order chi connectivity index (χ1) is 59.2. The summed E-state index contributed by atoms with van der Waals surface area (Å²) < 4.78 is 83.4. The van der Waals surface area contributed by atoms with Crippen molar-refractivity contribution in [2.45, 2.75) is 115 Å². The van der Waals surface area contributed by atoms with Crippen LogP contribution in [0.25, 0.3) is 45.0 Å². The molecule has 674 valence electrons. The van der Waals surface area contributed by atoms with Crippen molar-refractivity contribution in [3.8, 4) is 91.5 Å². The molecule has 42 heteroatoms. The second-order valence-corrected chi connectivity index (χ2v) is 28.3. The highest BCUT2D eigenvalue weighted by Crippen LogP contribution is 2.37. The fraction of sp³-hybridized carbons (Fsp3) is 0.244. The molecule has 0 radical (unpaired) electrons. The molecule has 0 atom stereocenters. The monoisotopic (exact) mass is 1780 g/mol. The third-order valence-electron chi connectivity index (χ3n) is 15.9. The number of hydrogen-bond acceptors (Lipinski definition) is 27. The Kier molecular flexibility index (Phi) is 37.1. The van der Waals surface area contributed by atoms with Crippen molar-refractivity contribution in [1.29, 1.82) is 0 Å². The molecule has 7 amide bonds. The van der Waals surface area contributed by atoms with Crippen molar-refractivity contribution in [3.05, 3.63) is 225 Å². The van der Waals surface area contributed by atoms with Crippen molar-refractivity contribution in [2.75, 3.05) is 55.3 Å². The summed E-state index contributed by atoms with van der Waals surface area (Å²) in [7, 11) is 6.00. The SMILES string of the molecule is C.C.C.C.CNC(=O)Cn1cc(-c2cc(Oc3cccc(N)c3)ncn2)cn1.CNC(=O)Cn1cc(-c2cc(Oc3cccc(NC(=O)Nc4ccc(Cl)c(C(F)(F)F)c4)c3)ncn2)cn1.CNC(=O)Cn1cc(-c2cc(Oc3cccc(NC(=O)OC(C)(C)C)c3)ncn2)cn1.COC(=O)Cn1cc(-c2cc(Oc3cccc(NC(=O)OC(C)(C)C)c3)ncn2)cn1. The molecule has 5 aromatic carbocycles. The number of nitrogens with one attached hydrogen (secondary N) is 7. The molecule has 13 aromatic rings. The quantitative estimate of drug-likeness (QED) is 0.0158. The molecule has 0 saturated heterocycles. The number of hydrogen-bond donors (Lipinski definition) is 8. The number of alkyl halides is 3. The molecule has 0 spiro atoms. The third-order valence-corrected chi connectivity index (χ3v) is 16.2. The maximum atomic E-state index is 13.1. The van der Waals surface area contributed by atoms with Crippen LogP contribution in [-0.4, -0.2) is 160 Å². The number of halogens is 4. The van der Waals surface area contributed by atoms with Gasteiger partial charge in [0.25, 0.3) is 0 Å². The maximum Gasteiger partial charge on any atom is 0.417 e. The third kappa shape index (κ3) is 32.4. The molecule has 38 nitrogen and oxygen atoms in total. The van der Waals surface area contributed by atoms with E-state index in [0.29, 0.717) is 97.3 Å². The van der Waals surface area contributed by atoms with Gasteiger partial charge in [0.1, 0.15) is 85.7 Å². The van der Waals surface area contributed by atoms with E-state index >= 15 is 0 Å². The number of rotatable bonds is 24. The lowest BCUT2D eigenvalue weighted by atomic mass is 10.2. The minimum absolute atomic E-state index is 0. The second kappa shape index (κ2) is 47.0. The van der Waals surface area contributed by atoms with Crippen LogP contribution >= 0.6 is 11.6 Å². The van der Waals surface area contributed by atoms with E-state index in [-0.39, 0.29) is 85.2 Å². The first-order valence-corrected chi connectivity index (χ1v) is 37.5. The molecule has 0 aliphatic rings. The van der Waals surface area contributed by atoms with Crippen LogP contribution in [0.5, 0.6) is 46.5 Å². The van der Waals surface area contributed by atoms with Gasteiger partial charge in [0.15, 0.2) is 0 Å². The van der Waals surface area contributed by atoms with Crippen molar-refractivity contribution < 1.29 is 79.9 Å². The van der Waals surface area contributed by atoms with Gasteiger partial charge in [-0.15, -0.1) is 0 Å². The Labute approximate surface area is 739 Å². The van der Waals surface area contributed by atoms with E-state index in [1.165, 1.54) is 70.3 Å². The Balaban J connectivity index is 0.000000263. The Morgan fingerprint density at radius 1 is 0.398 bits per heavy atom. The van der Waals surface area contributed by atoms with E-state index in [2.05, 4.69) is 102 Å². The van der Waals surface area contributed by atoms with Gasteiger partial charge in [-0.05, 0) is 108 Å². The molecule has 0 bridgehead atoms. The summed E-state index contributed by atoms with van der Waals surface area (Å²) in [6.07, 6.45) is 12.8. The van der Waals surface area contributed by atoms with Crippen LogP contribution < -0.4 is 61.9 Å². The number of anilines is 5. The number of esters is 1. The van der Waals surface area contributed by atoms with Gasteiger partial charge in [0, 0.05) is 145 Å². The highest BCUT2D eigenvalue weighted by Gasteiger charge is 2.34. The molecule has 8 aromatic heterocycles. The summed E-state index contributed by atoms with van der Waals surface area (Å²) >= 11 is 5.61. The number of nitrogen functional groups attached to an aromatic ring is 1. The molecule has 0 aliphatic carbocycles. The number of benzene rings is 5. The van der Waals surface area contributed by atoms with Gasteiger partial charge in [-0.2, -0.15) is 33.6 Å². The Morgan fingerprint density at radius 2 is 0.703 bits per heavy atom. The van der Waals surface area contributed by atoms with Gasteiger partial charge in [-0.25, -0.2) is 54.3 Å². The fourth-order valence-corrected chi connectivity index (χ4v) is 10.6. The van der Waals surface area contributed by atoms with Crippen LogP contribution in [0.3, 0.4) is 0 Å². The van der Waals surface area contributed by atoms with E-state index in [0.717, 1.165) is 23.3 Å². The predicted molar refractivity (Wildman–Crippen MR) is 473 cm³/mol. The number of carbonyl (C=O) groups excluding carboxylic acids is 7. The molecule has 9 N–H and O–H groups in total. The lowest BCUT2D eigenvalue weighted by Crippen LogP contribution is -2.27. The van der Waals surface area contributed by atoms with Crippen LogP contribution in [0.15, 0.2) is 214 Å². The van der Waals surface area contributed by atoms with Crippen molar-refractivity contribution in [2.24, 2.45) is 0 Å². The fourth-order valence-electron chi connectivity index (χ4n) is 10.3. The van der Waals surface area contributed by atoms with Crippen LogP contribution in [-0.2, 0) is 65.7 Å². The van der Waals surface area contributed by atoms with Crippen LogP contribution in [0.1, 0.15) is 76.8 Å². The molecule has 8 heterocycles. The van der Waals surface area contributed by atoms with Gasteiger partial charge in [-0.3, -0.25) is 48.5 Å². The molecule has 13 rings (SSSR count). The maximum absolute atomic E-state index is 13.1. The number of likely N-dealkylation sites (N-methyl/N-ethyl adjacent to an activating group) is 3. The van der Waals surface area contributed by atoms with Crippen LogP contribution in [0.2, 0.25) is 5.02 Å². The number of carbonyl (C=O) groups is 7. The minimum Gasteiger partial charge on any atom is -0.468 e.